The number of aromatic amines is 1. The average Bonchev–Trinajstić information content (AvgIpc) is 2.25. The normalized spacial score (nSPS) is 20.9. The summed E-state index contributed by atoms with van der Waals surface area (Å²) >= 11 is 5.88. The molecule has 2 N–H and O–H groups in total. The molecule has 0 amide bonds. The highest BCUT2D eigenvalue weighted by Gasteiger charge is 2.15. The lowest BCUT2D eigenvalue weighted by atomic mass is 10.00. The molecule has 0 aliphatic carbocycles. The van der Waals surface area contributed by atoms with Crippen LogP contribution in [-0.4, -0.2) is 22.6 Å². The smallest absolute Gasteiger partial charge is 0.316 e. The number of piperidine rings is 1. The average molecular weight is 244 g/mol. The van der Waals surface area contributed by atoms with Crippen LogP contribution >= 0.6 is 11.6 Å². The van der Waals surface area contributed by atoms with Crippen LogP contribution in [0.2, 0.25) is 5.15 Å². The molecule has 0 bridgehead atoms. The third kappa shape index (κ3) is 2.54. The minimum atomic E-state index is -0.451. The fourth-order valence-electron chi connectivity index (χ4n) is 2.00. The van der Waals surface area contributed by atoms with Gasteiger partial charge in [0.05, 0.1) is 0 Å². The highest BCUT2D eigenvalue weighted by atomic mass is 35.5. The van der Waals surface area contributed by atoms with Crippen molar-refractivity contribution in [2.75, 3.05) is 13.1 Å². The van der Waals surface area contributed by atoms with Crippen LogP contribution in [-0.2, 0) is 6.54 Å². The Hall–Kier alpha value is -1.07. The number of hydrogen-bond acceptors (Lipinski definition) is 3. The number of nitrogens with one attached hydrogen (secondary N) is 2. The molecule has 1 aliphatic rings. The van der Waals surface area contributed by atoms with E-state index in [0.717, 1.165) is 25.9 Å². The lowest BCUT2D eigenvalue weighted by molar-refractivity contribution is 0.332. The third-order valence-corrected chi connectivity index (χ3v) is 3.14. The minimum absolute atomic E-state index is 0.208. The SMILES string of the molecule is O=c1cc(Cl)n(C[C@H]2CCCNC2)c(=O)[nH]1. The van der Waals surface area contributed by atoms with Gasteiger partial charge in [-0.05, 0) is 31.8 Å². The maximum absolute atomic E-state index is 11.5. The third-order valence-electron chi connectivity index (χ3n) is 2.82. The summed E-state index contributed by atoms with van der Waals surface area (Å²) in [7, 11) is 0. The maximum atomic E-state index is 11.5. The summed E-state index contributed by atoms with van der Waals surface area (Å²) in [5, 5.41) is 3.48. The van der Waals surface area contributed by atoms with Crippen LogP contribution in [0.25, 0.3) is 0 Å². The van der Waals surface area contributed by atoms with Crippen LogP contribution in [0.4, 0.5) is 0 Å². The van der Waals surface area contributed by atoms with Gasteiger partial charge in [-0.1, -0.05) is 11.6 Å². The molecule has 0 unspecified atom stereocenters. The standard InChI is InChI=1S/C10H14ClN3O2/c11-8-4-9(15)13-10(16)14(8)6-7-2-1-3-12-5-7/h4,7,12H,1-3,5-6H2,(H,13,15,16)/t7-/m0/s1. The van der Waals surface area contributed by atoms with Gasteiger partial charge in [-0.25, -0.2) is 4.79 Å². The van der Waals surface area contributed by atoms with Crippen molar-refractivity contribution in [1.82, 2.24) is 14.9 Å². The molecule has 5 nitrogen and oxygen atoms in total. The van der Waals surface area contributed by atoms with E-state index < -0.39 is 11.2 Å². The quantitative estimate of drug-likeness (QED) is 0.729. The molecule has 1 aromatic rings. The van der Waals surface area contributed by atoms with Gasteiger partial charge in [-0.3, -0.25) is 14.3 Å². The molecular formula is C10H14ClN3O2. The topological polar surface area (TPSA) is 66.9 Å². The van der Waals surface area contributed by atoms with E-state index in [0.29, 0.717) is 12.5 Å². The van der Waals surface area contributed by atoms with Gasteiger partial charge in [-0.2, -0.15) is 0 Å². The highest BCUT2D eigenvalue weighted by molar-refractivity contribution is 6.29. The van der Waals surface area contributed by atoms with E-state index in [-0.39, 0.29) is 5.15 Å². The largest absolute Gasteiger partial charge is 0.329 e. The van der Waals surface area contributed by atoms with Gasteiger partial charge in [0.25, 0.3) is 5.56 Å². The molecule has 88 valence electrons. The molecule has 0 spiro atoms. The van der Waals surface area contributed by atoms with E-state index in [1.165, 1.54) is 10.6 Å². The van der Waals surface area contributed by atoms with Crippen molar-refractivity contribution in [3.8, 4) is 0 Å². The summed E-state index contributed by atoms with van der Waals surface area (Å²) in [6, 6.07) is 1.24. The predicted molar refractivity (Wildman–Crippen MR) is 61.9 cm³/mol. The maximum Gasteiger partial charge on any atom is 0.329 e. The van der Waals surface area contributed by atoms with Gasteiger partial charge in [0.15, 0.2) is 0 Å². The van der Waals surface area contributed by atoms with Crippen molar-refractivity contribution in [2.45, 2.75) is 19.4 Å². The number of H-pyrrole nitrogens is 1. The summed E-state index contributed by atoms with van der Waals surface area (Å²) < 4.78 is 1.42. The monoisotopic (exact) mass is 243 g/mol. The number of aromatic nitrogens is 2. The Kier molecular flexibility index (Phi) is 3.46. The first-order valence-corrected chi connectivity index (χ1v) is 5.75. The molecule has 2 rings (SSSR count). The molecule has 1 saturated heterocycles. The van der Waals surface area contributed by atoms with Crippen LogP contribution in [0.1, 0.15) is 12.8 Å². The summed E-state index contributed by atoms with van der Waals surface area (Å²) in [4.78, 5) is 24.7. The molecule has 1 aromatic heterocycles. The first-order valence-electron chi connectivity index (χ1n) is 5.37. The number of hydrogen-bond donors (Lipinski definition) is 2. The van der Waals surface area contributed by atoms with Crippen molar-refractivity contribution >= 4 is 11.6 Å². The van der Waals surface area contributed by atoms with Gasteiger partial charge >= 0.3 is 5.69 Å². The minimum Gasteiger partial charge on any atom is -0.316 e. The van der Waals surface area contributed by atoms with Crippen molar-refractivity contribution in [3.63, 3.8) is 0 Å². The summed E-state index contributed by atoms with van der Waals surface area (Å²) in [6.07, 6.45) is 2.19. The molecule has 2 heterocycles. The van der Waals surface area contributed by atoms with E-state index in [1.54, 1.807) is 0 Å². The predicted octanol–water partition coefficient (Wildman–Crippen LogP) is 0.190. The summed E-state index contributed by atoms with van der Waals surface area (Å²) in [6.45, 7) is 2.48. The second kappa shape index (κ2) is 4.84. The Balaban J connectivity index is 2.20. The molecule has 1 atom stereocenters. The lowest BCUT2D eigenvalue weighted by Crippen LogP contribution is -2.37. The number of halogens is 1. The molecular weight excluding hydrogens is 230 g/mol. The first-order chi connectivity index (χ1) is 7.66. The second-order valence-electron chi connectivity index (χ2n) is 4.08. The Bertz CT molecular complexity index is 474. The first kappa shape index (κ1) is 11.4. The van der Waals surface area contributed by atoms with Crippen LogP contribution in [0.15, 0.2) is 15.7 Å². The van der Waals surface area contributed by atoms with Crippen LogP contribution < -0.4 is 16.6 Å². The van der Waals surface area contributed by atoms with E-state index in [9.17, 15) is 9.59 Å². The Morgan fingerprint density at radius 1 is 1.50 bits per heavy atom. The zero-order valence-electron chi connectivity index (χ0n) is 8.83. The zero-order valence-corrected chi connectivity index (χ0v) is 9.59. The van der Waals surface area contributed by atoms with Crippen LogP contribution in [0.3, 0.4) is 0 Å². The molecule has 1 fully saturated rings. The lowest BCUT2D eigenvalue weighted by Gasteiger charge is -2.23. The molecule has 0 radical (unpaired) electrons. The molecule has 0 aromatic carbocycles. The van der Waals surface area contributed by atoms with Gasteiger partial charge in [0, 0.05) is 12.6 Å². The molecule has 6 heteroatoms. The van der Waals surface area contributed by atoms with E-state index in [4.69, 9.17) is 11.6 Å². The number of nitrogens with zero attached hydrogens (tertiary/aromatic N) is 1. The van der Waals surface area contributed by atoms with Gasteiger partial charge < -0.3 is 5.32 Å². The van der Waals surface area contributed by atoms with E-state index in [2.05, 4.69) is 10.3 Å². The van der Waals surface area contributed by atoms with E-state index >= 15 is 0 Å². The van der Waals surface area contributed by atoms with Crippen LogP contribution in [0, 0.1) is 5.92 Å². The van der Waals surface area contributed by atoms with Crippen molar-refractivity contribution in [3.05, 3.63) is 32.1 Å². The molecule has 16 heavy (non-hydrogen) atoms. The number of rotatable bonds is 2. The fraction of sp³-hybridized carbons (Fsp3) is 0.600. The summed E-state index contributed by atoms with van der Waals surface area (Å²) in [5.41, 5.74) is -0.879. The molecule has 1 aliphatic heterocycles. The highest BCUT2D eigenvalue weighted by Crippen LogP contribution is 2.13. The van der Waals surface area contributed by atoms with Crippen LogP contribution in [0.5, 0.6) is 0 Å². The van der Waals surface area contributed by atoms with Crippen molar-refractivity contribution in [1.29, 1.82) is 0 Å². The van der Waals surface area contributed by atoms with Gasteiger partial charge in [-0.15, -0.1) is 0 Å². The van der Waals surface area contributed by atoms with E-state index in [1.807, 2.05) is 0 Å². The molecule has 0 saturated carbocycles. The Morgan fingerprint density at radius 2 is 2.31 bits per heavy atom. The van der Waals surface area contributed by atoms with Crippen molar-refractivity contribution < 1.29 is 0 Å². The van der Waals surface area contributed by atoms with Gasteiger partial charge in [0.2, 0.25) is 0 Å². The van der Waals surface area contributed by atoms with Gasteiger partial charge in [0.1, 0.15) is 5.15 Å². The van der Waals surface area contributed by atoms with Crippen molar-refractivity contribution in [2.24, 2.45) is 5.92 Å². The zero-order chi connectivity index (χ0) is 11.5. The second-order valence-corrected chi connectivity index (χ2v) is 4.47. The summed E-state index contributed by atoms with van der Waals surface area (Å²) in [5.74, 6) is 0.398. The fourth-order valence-corrected chi connectivity index (χ4v) is 2.25. The Morgan fingerprint density at radius 3 is 2.94 bits per heavy atom. The Labute approximate surface area is 97.4 Å².